The van der Waals surface area contributed by atoms with E-state index in [1.165, 1.54) is 0 Å². The van der Waals surface area contributed by atoms with Crippen LogP contribution in [-0.4, -0.2) is 39.9 Å². The van der Waals surface area contributed by atoms with E-state index in [1.54, 1.807) is 0 Å². The highest BCUT2D eigenvalue weighted by atomic mass is 16.5. The molecular formula is C18H26N4O. The van der Waals surface area contributed by atoms with Crippen molar-refractivity contribution in [3.05, 3.63) is 23.5 Å². The lowest BCUT2D eigenvalue weighted by molar-refractivity contribution is 0.130. The Morgan fingerprint density at radius 1 is 1.35 bits per heavy atom. The van der Waals surface area contributed by atoms with Gasteiger partial charge in [0, 0.05) is 37.9 Å². The smallest absolute Gasteiger partial charge is 0.122 e. The van der Waals surface area contributed by atoms with E-state index in [2.05, 4.69) is 47.8 Å². The van der Waals surface area contributed by atoms with Crippen molar-refractivity contribution in [2.45, 2.75) is 52.6 Å². The van der Waals surface area contributed by atoms with Gasteiger partial charge in [0.25, 0.3) is 0 Å². The number of ether oxygens (including phenoxy) is 1. The molecule has 0 bridgehead atoms. The van der Waals surface area contributed by atoms with Crippen LogP contribution < -0.4 is 4.74 Å². The second-order valence-corrected chi connectivity index (χ2v) is 6.80. The third-order valence-electron chi connectivity index (χ3n) is 4.53. The highest BCUT2D eigenvalue weighted by molar-refractivity contribution is 5.80. The Kier molecular flexibility index (Phi) is 4.28. The van der Waals surface area contributed by atoms with Gasteiger partial charge in [-0.2, -0.15) is 0 Å². The largest absolute Gasteiger partial charge is 0.490 e. The molecule has 2 heterocycles. The van der Waals surface area contributed by atoms with Gasteiger partial charge in [-0.15, -0.1) is 0 Å². The predicted octanol–water partition coefficient (Wildman–Crippen LogP) is 3.84. The minimum atomic E-state index is 0.231. The number of hydrogen-bond donors (Lipinski definition) is 2. The molecule has 5 heteroatoms. The van der Waals surface area contributed by atoms with E-state index in [4.69, 9.17) is 10.1 Å². The van der Waals surface area contributed by atoms with Crippen LogP contribution in [0.1, 0.15) is 50.9 Å². The normalized spacial score (nSPS) is 16.3. The molecule has 2 N–H and O–H groups in total. The van der Waals surface area contributed by atoms with Gasteiger partial charge in [-0.05, 0) is 25.5 Å². The van der Waals surface area contributed by atoms with Crippen molar-refractivity contribution in [1.29, 1.82) is 5.41 Å². The van der Waals surface area contributed by atoms with Gasteiger partial charge in [-0.3, -0.25) is 5.41 Å². The summed E-state index contributed by atoms with van der Waals surface area (Å²) in [7, 11) is 0. The summed E-state index contributed by atoms with van der Waals surface area (Å²) in [5.41, 5.74) is 3.24. The summed E-state index contributed by atoms with van der Waals surface area (Å²) in [5.74, 6) is 2.98. The van der Waals surface area contributed by atoms with Crippen LogP contribution in [0, 0.1) is 12.3 Å². The summed E-state index contributed by atoms with van der Waals surface area (Å²) in [6.45, 7) is 10.0. The van der Waals surface area contributed by atoms with Crippen molar-refractivity contribution < 1.29 is 4.74 Å². The quantitative estimate of drug-likeness (QED) is 0.668. The maximum Gasteiger partial charge on any atom is 0.122 e. The van der Waals surface area contributed by atoms with Crippen LogP contribution in [0.4, 0.5) is 0 Å². The molecule has 23 heavy (non-hydrogen) atoms. The minimum absolute atomic E-state index is 0.231. The number of piperidine rings is 1. The Labute approximate surface area is 137 Å². The van der Waals surface area contributed by atoms with Crippen molar-refractivity contribution in [3.63, 3.8) is 0 Å². The fourth-order valence-corrected chi connectivity index (χ4v) is 3.12. The van der Waals surface area contributed by atoms with Crippen LogP contribution in [0.25, 0.3) is 11.0 Å². The molecule has 1 aromatic heterocycles. The molecule has 1 aromatic carbocycles. The monoisotopic (exact) mass is 314 g/mol. The average Bonchev–Trinajstić information content (AvgIpc) is 2.92. The zero-order chi connectivity index (χ0) is 16.6. The molecule has 1 saturated heterocycles. The van der Waals surface area contributed by atoms with Gasteiger partial charge in [0.1, 0.15) is 17.7 Å². The van der Waals surface area contributed by atoms with Crippen LogP contribution in [-0.2, 0) is 0 Å². The molecule has 1 aliphatic rings. The molecule has 0 atom stereocenters. The molecule has 0 saturated carbocycles. The fraction of sp³-hybridized carbons (Fsp3) is 0.556. The standard InChI is InChI=1S/C18H26N4O/c1-11(2)18-20-16-10-15(9-12(3)17(16)21-18)23-14-5-7-22(8-6-14)13(4)19/h9-11,14,19H,5-8H2,1-4H3,(H,20,21). The lowest BCUT2D eigenvalue weighted by Crippen LogP contribution is -2.40. The highest BCUT2D eigenvalue weighted by Gasteiger charge is 2.21. The number of benzene rings is 1. The van der Waals surface area contributed by atoms with E-state index in [9.17, 15) is 0 Å². The number of likely N-dealkylation sites (tertiary alicyclic amines) is 1. The van der Waals surface area contributed by atoms with Crippen LogP contribution in [0.15, 0.2) is 12.1 Å². The zero-order valence-electron chi connectivity index (χ0n) is 14.4. The van der Waals surface area contributed by atoms with E-state index in [0.717, 1.165) is 54.1 Å². The summed E-state index contributed by atoms with van der Waals surface area (Å²) in [4.78, 5) is 10.2. The number of hydrogen-bond acceptors (Lipinski definition) is 3. The number of H-pyrrole nitrogens is 1. The summed E-state index contributed by atoms with van der Waals surface area (Å²) >= 11 is 0. The summed E-state index contributed by atoms with van der Waals surface area (Å²) in [6.07, 6.45) is 2.16. The molecule has 3 rings (SSSR count). The van der Waals surface area contributed by atoms with Crippen molar-refractivity contribution in [2.24, 2.45) is 0 Å². The molecule has 0 radical (unpaired) electrons. The van der Waals surface area contributed by atoms with Gasteiger partial charge in [0.2, 0.25) is 0 Å². The van der Waals surface area contributed by atoms with Gasteiger partial charge in [-0.1, -0.05) is 13.8 Å². The molecule has 0 amide bonds. The highest BCUT2D eigenvalue weighted by Crippen LogP contribution is 2.27. The number of aromatic nitrogens is 2. The maximum absolute atomic E-state index is 7.71. The van der Waals surface area contributed by atoms with Crippen molar-refractivity contribution in [1.82, 2.24) is 14.9 Å². The van der Waals surface area contributed by atoms with Gasteiger partial charge in [-0.25, -0.2) is 4.98 Å². The second-order valence-electron chi connectivity index (χ2n) is 6.80. The van der Waals surface area contributed by atoms with Crippen LogP contribution in [0.5, 0.6) is 5.75 Å². The molecule has 1 fully saturated rings. The molecular weight excluding hydrogens is 288 g/mol. The Balaban J connectivity index is 1.75. The minimum Gasteiger partial charge on any atom is -0.490 e. The van der Waals surface area contributed by atoms with Crippen molar-refractivity contribution >= 4 is 16.9 Å². The first-order valence-electron chi connectivity index (χ1n) is 8.41. The molecule has 5 nitrogen and oxygen atoms in total. The molecule has 2 aromatic rings. The van der Waals surface area contributed by atoms with E-state index in [-0.39, 0.29) is 6.10 Å². The van der Waals surface area contributed by atoms with Gasteiger partial charge in [0.15, 0.2) is 0 Å². The van der Waals surface area contributed by atoms with Crippen molar-refractivity contribution in [2.75, 3.05) is 13.1 Å². The SMILES string of the molecule is CC(=N)N1CCC(Oc2cc(C)c3nc(C(C)C)[nH]c3c2)CC1. The van der Waals surface area contributed by atoms with Crippen LogP contribution in [0.2, 0.25) is 0 Å². The first-order valence-corrected chi connectivity index (χ1v) is 8.41. The number of aryl methyl sites for hydroxylation is 1. The first-order chi connectivity index (χ1) is 10.9. The number of nitrogens with one attached hydrogen (secondary N) is 2. The number of amidine groups is 1. The number of nitrogens with zero attached hydrogens (tertiary/aromatic N) is 2. The summed E-state index contributed by atoms with van der Waals surface area (Å²) in [5, 5.41) is 7.71. The third kappa shape index (κ3) is 3.33. The van der Waals surface area contributed by atoms with E-state index < -0.39 is 0 Å². The lowest BCUT2D eigenvalue weighted by Gasteiger charge is -2.32. The zero-order valence-corrected chi connectivity index (χ0v) is 14.4. The van der Waals surface area contributed by atoms with Gasteiger partial charge < -0.3 is 14.6 Å². The van der Waals surface area contributed by atoms with Crippen molar-refractivity contribution in [3.8, 4) is 5.75 Å². The summed E-state index contributed by atoms with van der Waals surface area (Å²) in [6, 6.07) is 4.15. The van der Waals surface area contributed by atoms with E-state index in [1.807, 2.05) is 6.92 Å². The number of imidazole rings is 1. The number of rotatable bonds is 3. The Morgan fingerprint density at radius 3 is 2.65 bits per heavy atom. The third-order valence-corrected chi connectivity index (χ3v) is 4.53. The molecule has 1 aliphatic heterocycles. The Hall–Kier alpha value is -2.04. The number of fused-ring (bicyclic) bond motifs is 1. The molecule has 0 aliphatic carbocycles. The molecule has 0 spiro atoms. The van der Waals surface area contributed by atoms with Gasteiger partial charge >= 0.3 is 0 Å². The topological polar surface area (TPSA) is 65.0 Å². The average molecular weight is 314 g/mol. The number of aromatic amines is 1. The van der Waals surface area contributed by atoms with E-state index >= 15 is 0 Å². The predicted molar refractivity (Wildman–Crippen MR) is 93.5 cm³/mol. The summed E-state index contributed by atoms with van der Waals surface area (Å²) < 4.78 is 6.20. The molecule has 0 unspecified atom stereocenters. The Bertz CT molecular complexity index is 711. The van der Waals surface area contributed by atoms with Crippen LogP contribution in [0.3, 0.4) is 0 Å². The first kappa shape index (κ1) is 15.8. The maximum atomic E-state index is 7.71. The molecule has 124 valence electrons. The lowest BCUT2D eigenvalue weighted by atomic mass is 10.1. The fourth-order valence-electron chi connectivity index (χ4n) is 3.12. The second kappa shape index (κ2) is 6.22. The van der Waals surface area contributed by atoms with E-state index in [0.29, 0.717) is 11.8 Å². The Morgan fingerprint density at radius 2 is 2.04 bits per heavy atom. The van der Waals surface area contributed by atoms with Gasteiger partial charge in [0.05, 0.1) is 16.9 Å². The van der Waals surface area contributed by atoms with Crippen LogP contribution >= 0.6 is 0 Å².